The highest BCUT2D eigenvalue weighted by Gasteiger charge is 2.10. The number of ether oxygens (including phenoxy) is 1. The molecular weight excluding hydrogens is 347 g/mol. The number of hydrogen-bond donors (Lipinski definition) is 1. The van der Waals surface area contributed by atoms with Gasteiger partial charge in [-0.15, -0.1) is 0 Å². The van der Waals surface area contributed by atoms with E-state index in [9.17, 15) is 4.39 Å². The minimum Gasteiger partial charge on any atom is -0.438 e. The van der Waals surface area contributed by atoms with E-state index >= 15 is 0 Å². The van der Waals surface area contributed by atoms with Gasteiger partial charge in [0.25, 0.3) is 0 Å². The molecule has 0 saturated carbocycles. The van der Waals surface area contributed by atoms with Gasteiger partial charge in [0.2, 0.25) is 5.88 Å². The Morgan fingerprint density at radius 1 is 1.35 bits per heavy atom. The van der Waals surface area contributed by atoms with E-state index in [1.807, 2.05) is 13.0 Å². The van der Waals surface area contributed by atoms with E-state index < -0.39 is 5.82 Å². The summed E-state index contributed by atoms with van der Waals surface area (Å²) in [6.45, 7) is 2.38. The summed E-state index contributed by atoms with van der Waals surface area (Å²) in [6.07, 6.45) is 0.764. The molecule has 20 heavy (non-hydrogen) atoms. The van der Waals surface area contributed by atoms with Crippen LogP contribution in [-0.2, 0) is 13.0 Å². The summed E-state index contributed by atoms with van der Waals surface area (Å²) < 4.78 is 19.7. The number of hydrogen-bond acceptors (Lipinski definition) is 3. The van der Waals surface area contributed by atoms with Crippen LogP contribution in [0.5, 0.6) is 11.6 Å². The van der Waals surface area contributed by atoms with Gasteiger partial charge in [-0.1, -0.05) is 18.5 Å². The number of aryl methyl sites for hydroxylation is 1. The minimum atomic E-state index is -0.546. The lowest BCUT2D eigenvalue weighted by Crippen LogP contribution is -2.01. The van der Waals surface area contributed by atoms with Crippen molar-refractivity contribution in [3.8, 4) is 11.6 Å². The maximum Gasteiger partial charge on any atom is 0.219 e. The van der Waals surface area contributed by atoms with Gasteiger partial charge in [0.1, 0.15) is 11.6 Å². The van der Waals surface area contributed by atoms with Crippen molar-refractivity contribution in [3.05, 3.63) is 50.8 Å². The van der Waals surface area contributed by atoms with Crippen molar-refractivity contribution in [1.82, 2.24) is 4.98 Å². The van der Waals surface area contributed by atoms with Gasteiger partial charge in [0, 0.05) is 24.4 Å². The van der Waals surface area contributed by atoms with Gasteiger partial charge in [0.05, 0.1) is 9.50 Å². The van der Waals surface area contributed by atoms with Crippen LogP contribution in [0.25, 0.3) is 0 Å². The topological polar surface area (TPSA) is 48.1 Å². The standard InChI is InChI=1S/C14H13BrClFN2O/c1-2-9-3-8(7-18)4-14(19-9)20-13-6-12(17)11(16)5-10(13)15/h3-6H,2,7,18H2,1H3. The van der Waals surface area contributed by atoms with Crippen LogP contribution in [0.4, 0.5) is 4.39 Å². The zero-order chi connectivity index (χ0) is 14.7. The summed E-state index contributed by atoms with van der Waals surface area (Å²) in [5.41, 5.74) is 7.42. The maximum atomic E-state index is 13.5. The van der Waals surface area contributed by atoms with E-state index in [1.54, 1.807) is 6.07 Å². The molecule has 0 spiro atoms. The van der Waals surface area contributed by atoms with Crippen LogP contribution in [0.15, 0.2) is 28.7 Å². The average Bonchev–Trinajstić information content (AvgIpc) is 2.44. The van der Waals surface area contributed by atoms with E-state index in [0.717, 1.165) is 17.7 Å². The van der Waals surface area contributed by atoms with E-state index in [-0.39, 0.29) is 5.02 Å². The molecule has 3 nitrogen and oxygen atoms in total. The molecule has 6 heteroatoms. The monoisotopic (exact) mass is 358 g/mol. The molecule has 1 heterocycles. The molecule has 2 aromatic rings. The molecule has 0 atom stereocenters. The third-order valence-electron chi connectivity index (χ3n) is 2.70. The van der Waals surface area contributed by atoms with Crippen LogP contribution in [0.2, 0.25) is 5.02 Å². The molecule has 0 aliphatic heterocycles. The Morgan fingerprint density at radius 2 is 2.10 bits per heavy atom. The van der Waals surface area contributed by atoms with Crippen LogP contribution in [0.3, 0.4) is 0 Å². The number of benzene rings is 1. The molecular formula is C14H13BrClFN2O. The number of aromatic nitrogens is 1. The molecule has 0 fully saturated rings. The van der Waals surface area contributed by atoms with Gasteiger partial charge in [0.15, 0.2) is 0 Å². The predicted octanol–water partition coefficient (Wildman–Crippen LogP) is 4.45. The Kier molecular flexibility index (Phi) is 4.96. The Bertz CT molecular complexity index is 615. The van der Waals surface area contributed by atoms with Crippen molar-refractivity contribution in [2.45, 2.75) is 19.9 Å². The van der Waals surface area contributed by atoms with Crippen molar-refractivity contribution in [2.24, 2.45) is 5.73 Å². The Balaban J connectivity index is 2.36. The second-order valence-corrected chi connectivity index (χ2v) is 5.42. The number of rotatable bonds is 4. The number of halogens is 3. The quantitative estimate of drug-likeness (QED) is 0.820. The molecule has 2 N–H and O–H groups in total. The van der Waals surface area contributed by atoms with E-state index in [2.05, 4.69) is 20.9 Å². The Hall–Kier alpha value is -1.17. The molecule has 0 aliphatic carbocycles. The highest BCUT2D eigenvalue weighted by molar-refractivity contribution is 9.10. The highest BCUT2D eigenvalue weighted by atomic mass is 79.9. The van der Waals surface area contributed by atoms with E-state index in [0.29, 0.717) is 22.6 Å². The molecule has 0 unspecified atom stereocenters. The van der Waals surface area contributed by atoms with Crippen LogP contribution >= 0.6 is 27.5 Å². The molecule has 0 amide bonds. The SMILES string of the molecule is CCc1cc(CN)cc(Oc2cc(F)c(Cl)cc2Br)n1. The fourth-order valence-electron chi connectivity index (χ4n) is 1.67. The second-order valence-electron chi connectivity index (χ2n) is 4.16. The zero-order valence-corrected chi connectivity index (χ0v) is 13.1. The fourth-order valence-corrected chi connectivity index (χ4v) is 2.39. The summed E-state index contributed by atoms with van der Waals surface area (Å²) in [7, 11) is 0. The van der Waals surface area contributed by atoms with Crippen molar-refractivity contribution in [3.63, 3.8) is 0 Å². The van der Waals surface area contributed by atoms with Crippen LogP contribution in [0, 0.1) is 5.82 Å². The van der Waals surface area contributed by atoms with Crippen molar-refractivity contribution in [2.75, 3.05) is 0 Å². The molecule has 0 saturated heterocycles. The first-order valence-corrected chi connectivity index (χ1v) is 7.23. The summed E-state index contributed by atoms with van der Waals surface area (Å²) >= 11 is 8.97. The maximum absolute atomic E-state index is 13.5. The predicted molar refractivity (Wildman–Crippen MR) is 80.7 cm³/mol. The summed E-state index contributed by atoms with van der Waals surface area (Å²) in [6, 6.07) is 6.32. The average molecular weight is 360 g/mol. The van der Waals surface area contributed by atoms with Gasteiger partial charge >= 0.3 is 0 Å². The van der Waals surface area contributed by atoms with Crippen molar-refractivity contribution >= 4 is 27.5 Å². The van der Waals surface area contributed by atoms with Gasteiger partial charge in [-0.3, -0.25) is 0 Å². The molecule has 0 aliphatic rings. The summed E-state index contributed by atoms with van der Waals surface area (Å²) in [5, 5.41) is 0.0298. The third-order valence-corrected chi connectivity index (χ3v) is 3.61. The largest absolute Gasteiger partial charge is 0.438 e. The number of pyridine rings is 1. The smallest absolute Gasteiger partial charge is 0.219 e. The first-order chi connectivity index (χ1) is 9.53. The highest BCUT2D eigenvalue weighted by Crippen LogP contribution is 2.33. The normalized spacial score (nSPS) is 10.7. The van der Waals surface area contributed by atoms with Gasteiger partial charge in [-0.05, 0) is 40.0 Å². The first kappa shape index (κ1) is 15.2. The first-order valence-electron chi connectivity index (χ1n) is 6.05. The van der Waals surface area contributed by atoms with Gasteiger partial charge in [-0.2, -0.15) is 0 Å². The van der Waals surface area contributed by atoms with Gasteiger partial charge in [-0.25, -0.2) is 9.37 Å². The Labute approximate surface area is 130 Å². The zero-order valence-electron chi connectivity index (χ0n) is 10.8. The van der Waals surface area contributed by atoms with E-state index in [4.69, 9.17) is 22.1 Å². The molecule has 0 radical (unpaired) electrons. The lowest BCUT2D eigenvalue weighted by Gasteiger charge is -2.10. The summed E-state index contributed by atoms with van der Waals surface area (Å²) in [4.78, 5) is 4.33. The molecule has 2 rings (SSSR count). The van der Waals surface area contributed by atoms with Gasteiger partial charge < -0.3 is 10.5 Å². The van der Waals surface area contributed by atoms with E-state index in [1.165, 1.54) is 12.1 Å². The van der Waals surface area contributed by atoms with Crippen LogP contribution < -0.4 is 10.5 Å². The van der Waals surface area contributed by atoms with Crippen LogP contribution in [-0.4, -0.2) is 4.98 Å². The molecule has 1 aromatic heterocycles. The second kappa shape index (κ2) is 6.52. The van der Waals surface area contributed by atoms with Crippen LogP contribution in [0.1, 0.15) is 18.2 Å². The van der Waals surface area contributed by atoms with Crippen molar-refractivity contribution in [1.29, 1.82) is 0 Å². The van der Waals surface area contributed by atoms with Crippen molar-refractivity contribution < 1.29 is 9.13 Å². The number of nitrogens with zero attached hydrogens (tertiary/aromatic N) is 1. The lowest BCUT2D eigenvalue weighted by atomic mass is 10.2. The number of nitrogens with two attached hydrogens (primary N) is 1. The molecule has 1 aromatic carbocycles. The lowest BCUT2D eigenvalue weighted by molar-refractivity contribution is 0.452. The fraction of sp³-hybridized carbons (Fsp3) is 0.214. The molecule has 0 bridgehead atoms. The minimum absolute atomic E-state index is 0.0298. The third kappa shape index (κ3) is 3.48. The summed E-state index contributed by atoms with van der Waals surface area (Å²) in [5.74, 6) is 0.151. The molecule has 106 valence electrons. The Morgan fingerprint density at radius 3 is 2.75 bits per heavy atom.